The van der Waals surface area contributed by atoms with Gasteiger partial charge in [-0.3, -0.25) is 0 Å². The standard InChI is InChI=1S/C21H27FN4O2/c1-17-2-7-21(25-24-17)26-12-8-18(9-13-26)10-14-27-20-5-3-19(4-6-20)16-23-28-15-11-22/h2-7,16,18H,8-15H2,1H3/b23-16+. The highest BCUT2D eigenvalue weighted by Crippen LogP contribution is 2.24. The van der Waals surface area contributed by atoms with Crippen molar-refractivity contribution in [2.75, 3.05) is 37.9 Å². The largest absolute Gasteiger partial charge is 0.494 e. The van der Waals surface area contributed by atoms with E-state index in [2.05, 4.69) is 20.3 Å². The number of hydrogen-bond donors (Lipinski definition) is 0. The molecule has 3 rings (SSSR count). The first-order valence-electron chi connectivity index (χ1n) is 9.74. The fourth-order valence-electron chi connectivity index (χ4n) is 3.19. The van der Waals surface area contributed by atoms with Crippen LogP contribution >= 0.6 is 0 Å². The Balaban J connectivity index is 1.35. The number of piperidine rings is 1. The zero-order chi connectivity index (χ0) is 19.6. The number of benzene rings is 1. The van der Waals surface area contributed by atoms with Gasteiger partial charge in [0.1, 0.15) is 19.0 Å². The van der Waals surface area contributed by atoms with E-state index < -0.39 is 6.67 Å². The molecule has 0 N–H and O–H groups in total. The van der Waals surface area contributed by atoms with E-state index in [0.29, 0.717) is 12.5 Å². The van der Waals surface area contributed by atoms with Gasteiger partial charge in [-0.05, 0) is 74.1 Å². The van der Waals surface area contributed by atoms with Crippen LogP contribution in [0.2, 0.25) is 0 Å². The SMILES string of the molecule is Cc1ccc(N2CCC(CCOc3ccc(/C=N/OCCF)cc3)CC2)nn1. The molecule has 1 aromatic heterocycles. The number of ether oxygens (including phenoxy) is 1. The lowest BCUT2D eigenvalue weighted by Crippen LogP contribution is -2.34. The average Bonchev–Trinajstić information content (AvgIpc) is 2.73. The van der Waals surface area contributed by atoms with Gasteiger partial charge in [-0.15, -0.1) is 5.10 Å². The van der Waals surface area contributed by atoms with E-state index >= 15 is 0 Å². The lowest BCUT2D eigenvalue weighted by atomic mass is 9.94. The Morgan fingerprint density at radius 3 is 2.57 bits per heavy atom. The molecule has 0 unspecified atom stereocenters. The van der Waals surface area contributed by atoms with Crippen molar-refractivity contribution >= 4 is 12.0 Å². The van der Waals surface area contributed by atoms with Crippen molar-refractivity contribution in [2.24, 2.45) is 11.1 Å². The van der Waals surface area contributed by atoms with Crippen LogP contribution in [0.25, 0.3) is 0 Å². The molecule has 28 heavy (non-hydrogen) atoms. The van der Waals surface area contributed by atoms with Crippen LogP contribution in [0, 0.1) is 12.8 Å². The fraction of sp³-hybridized carbons (Fsp3) is 0.476. The Hall–Kier alpha value is -2.70. The number of aryl methyl sites for hydroxylation is 1. The summed E-state index contributed by atoms with van der Waals surface area (Å²) in [6, 6.07) is 11.7. The van der Waals surface area contributed by atoms with Crippen LogP contribution in [0.3, 0.4) is 0 Å². The predicted octanol–water partition coefficient (Wildman–Crippen LogP) is 3.79. The van der Waals surface area contributed by atoms with E-state index in [1.54, 1.807) is 6.21 Å². The molecule has 1 aromatic carbocycles. The van der Waals surface area contributed by atoms with E-state index in [4.69, 9.17) is 9.57 Å². The molecule has 1 aliphatic heterocycles. The molecule has 6 nitrogen and oxygen atoms in total. The first-order chi connectivity index (χ1) is 13.7. The molecule has 2 aromatic rings. The summed E-state index contributed by atoms with van der Waals surface area (Å²) < 4.78 is 17.8. The van der Waals surface area contributed by atoms with Gasteiger partial charge in [-0.2, -0.15) is 5.10 Å². The smallest absolute Gasteiger partial charge is 0.151 e. The highest BCUT2D eigenvalue weighted by Gasteiger charge is 2.20. The first kappa shape index (κ1) is 20.0. The summed E-state index contributed by atoms with van der Waals surface area (Å²) in [5, 5.41) is 12.1. The molecule has 0 spiro atoms. The fourth-order valence-corrected chi connectivity index (χ4v) is 3.19. The average molecular weight is 386 g/mol. The van der Waals surface area contributed by atoms with Gasteiger partial charge in [-0.25, -0.2) is 4.39 Å². The van der Waals surface area contributed by atoms with Gasteiger partial charge in [0.15, 0.2) is 5.82 Å². The summed E-state index contributed by atoms with van der Waals surface area (Å²) in [7, 11) is 0. The minimum absolute atomic E-state index is 0.0188. The second-order valence-electron chi connectivity index (χ2n) is 6.93. The third-order valence-electron chi connectivity index (χ3n) is 4.84. The van der Waals surface area contributed by atoms with Crippen molar-refractivity contribution in [3.05, 3.63) is 47.7 Å². The maximum absolute atomic E-state index is 11.9. The molecule has 0 atom stereocenters. The lowest BCUT2D eigenvalue weighted by molar-refractivity contribution is 0.129. The van der Waals surface area contributed by atoms with E-state index in [0.717, 1.165) is 55.2 Å². The predicted molar refractivity (Wildman–Crippen MR) is 108 cm³/mol. The van der Waals surface area contributed by atoms with E-state index in [1.807, 2.05) is 43.3 Å². The maximum atomic E-state index is 11.9. The van der Waals surface area contributed by atoms with Gasteiger partial charge in [0.05, 0.1) is 18.5 Å². The Labute approximate surface area is 165 Å². The number of anilines is 1. The number of alkyl halides is 1. The maximum Gasteiger partial charge on any atom is 0.151 e. The number of rotatable bonds is 9. The molecule has 0 saturated carbocycles. The van der Waals surface area contributed by atoms with Crippen LogP contribution in [0.15, 0.2) is 41.6 Å². The molecule has 0 radical (unpaired) electrons. The van der Waals surface area contributed by atoms with Crippen molar-refractivity contribution in [3.63, 3.8) is 0 Å². The van der Waals surface area contributed by atoms with Crippen molar-refractivity contribution in [3.8, 4) is 5.75 Å². The van der Waals surface area contributed by atoms with E-state index in [1.165, 1.54) is 0 Å². The molecule has 0 aliphatic carbocycles. The summed E-state index contributed by atoms with van der Waals surface area (Å²) in [6.07, 6.45) is 4.90. The Kier molecular flexibility index (Phi) is 7.58. The summed E-state index contributed by atoms with van der Waals surface area (Å²) in [5.41, 5.74) is 1.83. The van der Waals surface area contributed by atoms with Crippen molar-refractivity contribution in [1.82, 2.24) is 10.2 Å². The number of hydrogen-bond acceptors (Lipinski definition) is 6. The Morgan fingerprint density at radius 1 is 1.11 bits per heavy atom. The second-order valence-corrected chi connectivity index (χ2v) is 6.93. The van der Waals surface area contributed by atoms with Crippen LogP contribution in [-0.2, 0) is 4.84 Å². The molecule has 7 heteroatoms. The van der Waals surface area contributed by atoms with Crippen molar-refractivity contribution in [2.45, 2.75) is 26.2 Å². The highest BCUT2D eigenvalue weighted by molar-refractivity contribution is 5.79. The number of nitrogens with zero attached hydrogens (tertiary/aromatic N) is 4. The van der Waals surface area contributed by atoms with Gasteiger partial charge >= 0.3 is 0 Å². The normalized spacial score (nSPS) is 15.1. The number of oxime groups is 1. The topological polar surface area (TPSA) is 59.8 Å². The zero-order valence-electron chi connectivity index (χ0n) is 16.3. The Morgan fingerprint density at radius 2 is 1.89 bits per heavy atom. The van der Waals surface area contributed by atoms with Crippen LogP contribution in [-0.4, -0.2) is 49.4 Å². The van der Waals surface area contributed by atoms with E-state index in [-0.39, 0.29) is 6.61 Å². The molecular weight excluding hydrogens is 359 g/mol. The van der Waals surface area contributed by atoms with Crippen LogP contribution in [0.4, 0.5) is 10.2 Å². The minimum atomic E-state index is -0.538. The molecular formula is C21H27FN4O2. The summed E-state index contributed by atoms with van der Waals surface area (Å²) in [4.78, 5) is 7.05. The molecule has 0 amide bonds. The summed E-state index contributed by atoms with van der Waals surface area (Å²) >= 11 is 0. The Bertz CT molecular complexity index is 729. The lowest BCUT2D eigenvalue weighted by Gasteiger charge is -2.32. The van der Waals surface area contributed by atoms with Crippen LogP contribution in [0.1, 0.15) is 30.5 Å². The molecule has 2 heterocycles. The third kappa shape index (κ3) is 6.18. The molecule has 1 aliphatic rings. The molecule has 1 fully saturated rings. The summed E-state index contributed by atoms with van der Waals surface area (Å²) in [6.45, 7) is 4.13. The molecule has 1 saturated heterocycles. The van der Waals surface area contributed by atoms with Crippen molar-refractivity contribution in [1.29, 1.82) is 0 Å². The van der Waals surface area contributed by atoms with Crippen LogP contribution < -0.4 is 9.64 Å². The number of aromatic nitrogens is 2. The monoisotopic (exact) mass is 386 g/mol. The van der Waals surface area contributed by atoms with Gasteiger partial charge in [-0.1, -0.05) is 5.16 Å². The summed E-state index contributed by atoms with van der Waals surface area (Å²) in [5.74, 6) is 2.49. The van der Waals surface area contributed by atoms with Gasteiger partial charge in [0.25, 0.3) is 0 Å². The van der Waals surface area contributed by atoms with Crippen molar-refractivity contribution < 1.29 is 14.0 Å². The second kappa shape index (κ2) is 10.6. The minimum Gasteiger partial charge on any atom is -0.494 e. The van der Waals surface area contributed by atoms with Gasteiger partial charge in [0.2, 0.25) is 0 Å². The quantitative estimate of drug-likeness (QED) is 0.373. The van der Waals surface area contributed by atoms with Crippen LogP contribution in [0.5, 0.6) is 5.75 Å². The van der Waals surface area contributed by atoms with E-state index in [9.17, 15) is 4.39 Å². The first-order valence-corrected chi connectivity index (χ1v) is 9.74. The number of halogens is 1. The highest BCUT2D eigenvalue weighted by atomic mass is 19.1. The third-order valence-corrected chi connectivity index (χ3v) is 4.84. The molecule has 0 bridgehead atoms. The van der Waals surface area contributed by atoms with Gasteiger partial charge in [0, 0.05) is 13.1 Å². The zero-order valence-corrected chi connectivity index (χ0v) is 16.3. The van der Waals surface area contributed by atoms with Gasteiger partial charge < -0.3 is 14.5 Å². The molecule has 150 valence electrons.